The summed E-state index contributed by atoms with van der Waals surface area (Å²) in [5.41, 5.74) is 0.810. The Hall–Kier alpha value is -0.920. The van der Waals surface area contributed by atoms with Crippen molar-refractivity contribution in [1.29, 1.82) is 0 Å². The van der Waals surface area contributed by atoms with Gasteiger partial charge in [0.05, 0.1) is 4.90 Å². The maximum Gasteiger partial charge on any atom is 0.243 e. The molecule has 2 unspecified atom stereocenters. The van der Waals surface area contributed by atoms with Crippen molar-refractivity contribution in [2.45, 2.75) is 67.0 Å². The Kier molecular flexibility index (Phi) is 4.87. The fourth-order valence-corrected chi connectivity index (χ4v) is 9.90. The molecule has 4 saturated carbocycles. The Labute approximate surface area is 181 Å². The molecule has 5 nitrogen and oxygen atoms in total. The van der Waals surface area contributed by atoms with Crippen molar-refractivity contribution in [2.24, 2.45) is 17.3 Å². The largest absolute Gasteiger partial charge is 0.326 e. The van der Waals surface area contributed by atoms with Crippen molar-refractivity contribution in [2.75, 3.05) is 18.4 Å². The summed E-state index contributed by atoms with van der Waals surface area (Å²) in [6.07, 6.45) is 9.74. The molecule has 4 bridgehead atoms. The van der Waals surface area contributed by atoms with Gasteiger partial charge in [-0.3, -0.25) is 4.79 Å². The van der Waals surface area contributed by atoms with Crippen LogP contribution in [0.1, 0.15) is 57.8 Å². The normalized spacial score (nSPS) is 36.4. The first kappa shape index (κ1) is 20.0. The van der Waals surface area contributed by atoms with Gasteiger partial charge in [-0.05, 0) is 92.9 Å². The predicted octanol–water partition coefficient (Wildman–Crippen LogP) is 4.53. The Bertz CT molecular complexity index is 894. The average molecular weight is 481 g/mol. The number of carbonyl (C=O) groups is 1. The van der Waals surface area contributed by atoms with Crippen molar-refractivity contribution >= 4 is 37.5 Å². The van der Waals surface area contributed by atoms with Crippen molar-refractivity contribution in [3.05, 3.63) is 24.3 Å². The van der Waals surface area contributed by atoms with Crippen LogP contribution in [0.15, 0.2) is 29.2 Å². The third-order valence-corrected chi connectivity index (χ3v) is 10.3. The van der Waals surface area contributed by atoms with E-state index in [-0.39, 0.29) is 15.6 Å². The number of hydrogen-bond acceptors (Lipinski definition) is 3. The van der Waals surface area contributed by atoms with Crippen LogP contribution in [0.3, 0.4) is 0 Å². The van der Waals surface area contributed by atoms with E-state index in [1.807, 2.05) is 0 Å². The number of sulfonamides is 1. The van der Waals surface area contributed by atoms with Gasteiger partial charge >= 0.3 is 0 Å². The topological polar surface area (TPSA) is 66.5 Å². The molecule has 7 heteroatoms. The summed E-state index contributed by atoms with van der Waals surface area (Å²) in [6, 6.07) is 6.65. The summed E-state index contributed by atoms with van der Waals surface area (Å²) in [6.45, 7) is 1.19. The standard InChI is InChI=1S/C22H29BrN2O3S/c23-22-12-16-9-17(13-22)11-21(10-16,15-22)14-20(26)24-18-3-5-19(6-4-18)29(27,28)25-7-1-2-8-25/h3-6,16-17H,1-2,7-15H2,(H,24,26). The third-order valence-electron chi connectivity index (χ3n) is 7.49. The minimum atomic E-state index is -3.41. The van der Waals surface area contributed by atoms with Gasteiger partial charge in [-0.25, -0.2) is 8.42 Å². The summed E-state index contributed by atoms with van der Waals surface area (Å²) in [5, 5.41) is 3.01. The smallest absolute Gasteiger partial charge is 0.243 e. The molecule has 0 aromatic heterocycles. The lowest BCUT2D eigenvalue weighted by Gasteiger charge is -2.60. The second kappa shape index (κ2) is 7.06. The third kappa shape index (κ3) is 3.79. The molecular weight excluding hydrogens is 452 g/mol. The van der Waals surface area contributed by atoms with Crippen LogP contribution in [0.2, 0.25) is 0 Å². The van der Waals surface area contributed by atoms with Crippen LogP contribution in [0.5, 0.6) is 0 Å². The maximum absolute atomic E-state index is 12.8. The zero-order valence-corrected chi connectivity index (χ0v) is 19.1. The number of benzene rings is 1. The van der Waals surface area contributed by atoms with E-state index < -0.39 is 10.0 Å². The number of nitrogens with one attached hydrogen (secondary N) is 1. The van der Waals surface area contributed by atoms with Crippen LogP contribution in [0.25, 0.3) is 0 Å². The number of hydrogen-bond donors (Lipinski definition) is 1. The summed E-state index contributed by atoms with van der Waals surface area (Å²) < 4.78 is 27.1. The minimum Gasteiger partial charge on any atom is -0.326 e. The molecule has 0 radical (unpaired) electrons. The fourth-order valence-electron chi connectivity index (χ4n) is 6.88. The maximum atomic E-state index is 12.8. The van der Waals surface area contributed by atoms with E-state index >= 15 is 0 Å². The van der Waals surface area contributed by atoms with E-state index in [1.54, 1.807) is 28.6 Å². The number of carbonyl (C=O) groups excluding carboxylic acids is 1. The Morgan fingerprint density at radius 1 is 1.07 bits per heavy atom. The Morgan fingerprint density at radius 3 is 2.28 bits per heavy atom. The molecule has 158 valence electrons. The monoisotopic (exact) mass is 480 g/mol. The lowest BCUT2D eigenvalue weighted by molar-refractivity contribution is -0.123. The molecule has 5 fully saturated rings. The summed E-state index contributed by atoms with van der Waals surface area (Å²) in [5.74, 6) is 1.58. The second-order valence-electron chi connectivity index (χ2n) is 9.97. The highest BCUT2D eigenvalue weighted by Crippen LogP contribution is 2.65. The van der Waals surface area contributed by atoms with Gasteiger partial charge in [0.15, 0.2) is 0 Å². The van der Waals surface area contributed by atoms with E-state index in [1.165, 1.54) is 32.1 Å². The molecule has 1 aromatic carbocycles. The molecular formula is C22H29BrN2O3S. The van der Waals surface area contributed by atoms with Gasteiger partial charge < -0.3 is 5.32 Å². The molecule has 1 saturated heterocycles. The van der Waals surface area contributed by atoms with Gasteiger partial charge in [0, 0.05) is 29.5 Å². The highest BCUT2D eigenvalue weighted by atomic mass is 79.9. The molecule has 0 spiro atoms. The summed E-state index contributed by atoms with van der Waals surface area (Å²) in [4.78, 5) is 13.1. The van der Waals surface area contributed by atoms with Crippen LogP contribution in [-0.4, -0.2) is 36.0 Å². The molecule has 2 atom stereocenters. The fraction of sp³-hybridized carbons (Fsp3) is 0.682. The zero-order valence-electron chi connectivity index (χ0n) is 16.7. The highest BCUT2D eigenvalue weighted by Gasteiger charge is 2.57. The molecule has 1 aliphatic heterocycles. The van der Waals surface area contributed by atoms with Gasteiger partial charge in [-0.1, -0.05) is 15.9 Å². The second-order valence-corrected chi connectivity index (χ2v) is 13.6. The number of amides is 1. The number of nitrogens with zero attached hydrogens (tertiary/aromatic N) is 1. The Morgan fingerprint density at radius 2 is 1.69 bits per heavy atom. The summed E-state index contributed by atoms with van der Waals surface area (Å²) >= 11 is 4.01. The molecule has 29 heavy (non-hydrogen) atoms. The minimum absolute atomic E-state index is 0.0539. The van der Waals surface area contributed by atoms with Gasteiger partial charge in [0.25, 0.3) is 0 Å². The molecule has 1 heterocycles. The van der Waals surface area contributed by atoms with Gasteiger partial charge in [0.1, 0.15) is 0 Å². The SMILES string of the molecule is O=C(CC12CC3CC(CC(Br)(C3)C1)C2)Nc1ccc(S(=O)(=O)N2CCCC2)cc1. The molecule has 1 aromatic rings. The lowest BCUT2D eigenvalue weighted by Crippen LogP contribution is -2.53. The first-order chi connectivity index (χ1) is 13.8. The van der Waals surface area contributed by atoms with Crippen LogP contribution in [0, 0.1) is 17.3 Å². The highest BCUT2D eigenvalue weighted by molar-refractivity contribution is 9.10. The van der Waals surface area contributed by atoms with Crippen molar-refractivity contribution in [3.8, 4) is 0 Å². The van der Waals surface area contributed by atoms with Crippen LogP contribution in [0.4, 0.5) is 5.69 Å². The van der Waals surface area contributed by atoms with Crippen molar-refractivity contribution in [1.82, 2.24) is 4.31 Å². The quantitative estimate of drug-likeness (QED) is 0.629. The molecule has 1 N–H and O–H groups in total. The lowest BCUT2D eigenvalue weighted by atomic mass is 9.48. The van der Waals surface area contributed by atoms with Crippen LogP contribution < -0.4 is 5.32 Å². The van der Waals surface area contributed by atoms with Gasteiger partial charge in [0.2, 0.25) is 15.9 Å². The zero-order chi connectivity index (χ0) is 20.3. The van der Waals surface area contributed by atoms with E-state index in [2.05, 4.69) is 21.2 Å². The molecule has 4 aliphatic carbocycles. The number of alkyl halides is 1. The van der Waals surface area contributed by atoms with E-state index in [9.17, 15) is 13.2 Å². The average Bonchev–Trinajstić information content (AvgIpc) is 3.15. The Balaban J connectivity index is 1.25. The van der Waals surface area contributed by atoms with E-state index in [0.29, 0.717) is 30.1 Å². The number of rotatable bonds is 5. The first-order valence-electron chi connectivity index (χ1n) is 10.8. The van der Waals surface area contributed by atoms with Gasteiger partial charge in [-0.15, -0.1) is 0 Å². The predicted molar refractivity (Wildman–Crippen MR) is 116 cm³/mol. The number of anilines is 1. The van der Waals surface area contributed by atoms with Crippen molar-refractivity contribution < 1.29 is 13.2 Å². The summed E-state index contributed by atoms with van der Waals surface area (Å²) in [7, 11) is -3.41. The van der Waals surface area contributed by atoms with Gasteiger partial charge in [-0.2, -0.15) is 4.31 Å². The molecule has 5 aliphatic rings. The molecule has 6 rings (SSSR count). The van der Waals surface area contributed by atoms with Crippen molar-refractivity contribution in [3.63, 3.8) is 0 Å². The van der Waals surface area contributed by atoms with Crippen LogP contribution in [-0.2, 0) is 14.8 Å². The van der Waals surface area contributed by atoms with Crippen LogP contribution >= 0.6 is 15.9 Å². The first-order valence-corrected chi connectivity index (χ1v) is 13.1. The molecule has 1 amide bonds. The number of halogens is 1. The van der Waals surface area contributed by atoms with E-state index in [0.717, 1.165) is 31.1 Å². The van der Waals surface area contributed by atoms with E-state index in [4.69, 9.17) is 0 Å².